The Kier molecular flexibility index (Phi) is 4.30. The maximum atomic E-state index is 10.6. The van der Waals surface area contributed by atoms with Crippen molar-refractivity contribution in [2.75, 3.05) is 6.61 Å². The van der Waals surface area contributed by atoms with Crippen molar-refractivity contribution in [3.05, 3.63) is 34.7 Å². The van der Waals surface area contributed by atoms with Gasteiger partial charge in [-0.15, -0.1) is 11.6 Å². The van der Waals surface area contributed by atoms with Crippen LogP contribution in [0.5, 0.6) is 5.75 Å². The zero-order valence-electron chi connectivity index (χ0n) is 9.74. The van der Waals surface area contributed by atoms with Crippen LogP contribution in [-0.4, -0.2) is 17.5 Å². The fraction of sp³-hybridized carbons (Fsp3) is 0.500. The molecular formula is C12H16ClNO2. The molecular weight excluding hydrogens is 226 g/mol. The topological polar surface area (TPSA) is 38.7 Å². The van der Waals surface area contributed by atoms with Crippen LogP contribution in [-0.2, 0) is 0 Å². The molecule has 0 aromatic heterocycles. The number of alkyl halides is 1. The van der Waals surface area contributed by atoms with E-state index < -0.39 is 10.9 Å². The summed E-state index contributed by atoms with van der Waals surface area (Å²) < 4.78 is 5.46. The normalized spacial score (nSPS) is 13.2. The molecule has 0 aliphatic rings. The van der Waals surface area contributed by atoms with Crippen molar-refractivity contribution in [3.63, 3.8) is 0 Å². The molecule has 0 spiro atoms. The van der Waals surface area contributed by atoms with Crippen molar-refractivity contribution in [2.45, 2.75) is 31.7 Å². The summed E-state index contributed by atoms with van der Waals surface area (Å²) in [4.78, 5) is 9.92. The molecule has 0 bridgehead atoms. The second-order valence-corrected chi connectivity index (χ2v) is 5.28. The van der Waals surface area contributed by atoms with Crippen LogP contribution in [0.15, 0.2) is 29.4 Å². The van der Waals surface area contributed by atoms with Crippen LogP contribution in [0, 0.1) is 11.8 Å². The molecule has 3 nitrogen and oxygen atoms in total. The van der Waals surface area contributed by atoms with Crippen molar-refractivity contribution < 1.29 is 4.74 Å². The molecule has 1 aromatic rings. The van der Waals surface area contributed by atoms with Crippen LogP contribution in [0.3, 0.4) is 0 Å². The molecule has 1 aromatic carbocycles. The Balaban J connectivity index is 2.56. The zero-order chi connectivity index (χ0) is 12.2. The van der Waals surface area contributed by atoms with E-state index in [-0.39, 0.29) is 6.61 Å². The van der Waals surface area contributed by atoms with E-state index >= 15 is 0 Å². The Labute approximate surface area is 101 Å². The summed E-state index contributed by atoms with van der Waals surface area (Å²) in [5.74, 6) is 0.722. The van der Waals surface area contributed by atoms with Crippen LogP contribution >= 0.6 is 11.6 Å². The average Bonchev–Trinajstić information content (AvgIpc) is 2.19. The van der Waals surface area contributed by atoms with Gasteiger partial charge in [-0.3, -0.25) is 0 Å². The molecule has 0 radical (unpaired) electrons. The Morgan fingerprint density at radius 2 is 1.94 bits per heavy atom. The fourth-order valence-electron chi connectivity index (χ4n) is 1.16. The van der Waals surface area contributed by atoms with Gasteiger partial charge >= 0.3 is 0 Å². The maximum absolute atomic E-state index is 10.6. The molecule has 0 amide bonds. The smallest absolute Gasteiger partial charge is 0.144 e. The first-order valence-electron chi connectivity index (χ1n) is 5.14. The molecule has 0 aliphatic heterocycles. The molecule has 0 saturated carbocycles. The highest BCUT2D eigenvalue weighted by Crippen LogP contribution is 2.22. The molecule has 0 aliphatic carbocycles. The van der Waals surface area contributed by atoms with Gasteiger partial charge in [-0.25, -0.2) is 0 Å². The van der Waals surface area contributed by atoms with Crippen LogP contribution in [0.25, 0.3) is 0 Å². The molecule has 0 N–H and O–H groups in total. The first-order valence-corrected chi connectivity index (χ1v) is 5.52. The standard InChI is InChI=1S/C12H16ClNO2/c1-9-4-6-10(7-5-9)16-8-11(14-15)12(2,3)13/h4-7,11H,8H2,1-3H3. The number of benzene rings is 1. The van der Waals surface area contributed by atoms with Gasteiger partial charge in [-0.2, -0.15) is 4.91 Å². The van der Waals surface area contributed by atoms with E-state index in [1.54, 1.807) is 13.8 Å². The SMILES string of the molecule is Cc1ccc(OCC(N=O)C(C)(C)Cl)cc1. The summed E-state index contributed by atoms with van der Waals surface area (Å²) in [5.41, 5.74) is 1.16. The van der Waals surface area contributed by atoms with E-state index in [1.165, 1.54) is 0 Å². The van der Waals surface area contributed by atoms with Gasteiger partial charge in [0.15, 0.2) is 0 Å². The number of halogens is 1. The fourth-order valence-corrected chi connectivity index (χ4v) is 1.27. The number of hydrogen-bond donors (Lipinski definition) is 0. The number of hydrogen-bond acceptors (Lipinski definition) is 3. The molecule has 4 heteroatoms. The van der Waals surface area contributed by atoms with Crippen molar-refractivity contribution in [1.82, 2.24) is 0 Å². The predicted molar refractivity (Wildman–Crippen MR) is 66.2 cm³/mol. The molecule has 1 unspecified atom stereocenters. The van der Waals surface area contributed by atoms with Crippen LogP contribution in [0.4, 0.5) is 0 Å². The summed E-state index contributed by atoms with van der Waals surface area (Å²) in [6.45, 7) is 5.70. The lowest BCUT2D eigenvalue weighted by atomic mass is 10.1. The van der Waals surface area contributed by atoms with E-state index in [0.717, 1.165) is 11.3 Å². The van der Waals surface area contributed by atoms with Crippen LogP contribution < -0.4 is 4.74 Å². The van der Waals surface area contributed by atoms with Crippen LogP contribution in [0.1, 0.15) is 19.4 Å². The summed E-state index contributed by atoms with van der Waals surface area (Å²) in [6, 6.07) is 7.06. The highest BCUT2D eigenvalue weighted by molar-refractivity contribution is 6.23. The van der Waals surface area contributed by atoms with Gasteiger partial charge in [0.2, 0.25) is 0 Å². The highest BCUT2D eigenvalue weighted by Gasteiger charge is 2.28. The molecule has 88 valence electrons. The molecule has 1 rings (SSSR count). The number of ether oxygens (including phenoxy) is 1. The van der Waals surface area contributed by atoms with Gasteiger partial charge in [-0.05, 0) is 32.9 Å². The quantitative estimate of drug-likeness (QED) is 0.584. The summed E-state index contributed by atoms with van der Waals surface area (Å²) in [7, 11) is 0. The molecule has 0 fully saturated rings. The second-order valence-electron chi connectivity index (χ2n) is 4.31. The van der Waals surface area contributed by atoms with E-state index in [2.05, 4.69) is 5.18 Å². The third-order valence-electron chi connectivity index (χ3n) is 2.35. The third kappa shape index (κ3) is 3.81. The van der Waals surface area contributed by atoms with Crippen LogP contribution in [0.2, 0.25) is 0 Å². The number of rotatable bonds is 5. The van der Waals surface area contributed by atoms with E-state index in [4.69, 9.17) is 16.3 Å². The van der Waals surface area contributed by atoms with Gasteiger partial charge in [0.05, 0.1) is 4.87 Å². The molecule has 0 saturated heterocycles. The Bertz CT molecular complexity index is 343. The minimum Gasteiger partial charge on any atom is -0.491 e. The Hall–Kier alpha value is -1.09. The van der Waals surface area contributed by atoms with Gasteiger partial charge in [-0.1, -0.05) is 22.9 Å². The van der Waals surface area contributed by atoms with Crippen molar-refractivity contribution in [1.29, 1.82) is 0 Å². The largest absolute Gasteiger partial charge is 0.491 e. The first-order chi connectivity index (χ1) is 7.43. The number of aryl methyl sites for hydroxylation is 1. The lowest BCUT2D eigenvalue weighted by molar-refractivity contribution is 0.268. The molecule has 16 heavy (non-hydrogen) atoms. The number of nitrogens with zero attached hydrogens (tertiary/aromatic N) is 1. The monoisotopic (exact) mass is 241 g/mol. The van der Waals surface area contributed by atoms with Crippen molar-refractivity contribution >= 4 is 11.6 Å². The summed E-state index contributed by atoms with van der Waals surface area (Å²) >= 11 is 6.02. The van der Waals surface area contributed by atoms with E-state index in [9.17, 15) is 4.91 Å². The highest BCUT2D eigenvalue weighted by atomic mass is 35.5. The Morgan fingerprint density at radius 1 is 1.38 bits per heavy atom. The number of nitroso groups, excluding NO2 is 1. The average molecular weight is 242 g/mol. The van der Waals surface area contributed by atoms with Gasteiger partial charge in [0.1, 0.15) is 18.4 Å². The van der Waals surface area contributed by atoms with Crippen molar-refractivity contribution in [2.24, 2.45) is 5.18 Å². The molecule has 1 atom stereocenters. The summed E-state index contributed by atoms with van der Waals surface area (Å²) in [6.07, 6.45) is 0. The van der Waals surface area contributed by atoms with E-state index in [1.807, 2.05) is 31.2 Å². The lowest BCUT2D eigenvalue weighted by Crippen LogP contribution is -2.33. The lowest BCUT2D eigenvalue weighted by Gasteiger charge is -2.21. The second kappa shape index (κ2) is 5.30. The Morgan fingerprint density at radius 3 is 2.38 bits per heavy atom. The minimum absolute atomic E-state index is 0.197. The zero-order valence-corrected chi connectivity index (χ0v) is 10.5. The third-order valence-corrected chi connectivity index (χ3v) is 2.60. The summed E-state index contributed by atoms with van der Waals surface area (Å²) in [5, 5.41) is 2.98. The van der Waals surface area contributed by atoms with Crippen molar-refractivity contribution in [3.8, 4) is 5.75 Å². The van der Waals surface area contributed by atoms with Gasteiger partial charge in [0.25, 0.3) is 0 Å². The molecule has 0 heterocycles. The minimum atomic E-state index is -0.688. The maximum Gasteiger partial charge on any atom is 0.144 e. The first kappa shape index (κ1) is 13.0. The predicted octanol–water partition coefficient (Wildman–Crippen LogP) is 3.53. The van der Waals surface area contributed by atoms with E-state index in [0.29, 0.717) is 0 Å². The van der Waals surface area contributed by atoms with Gasteiger partial charge < -0.3 is 4.74 Å². The van der Waals surface area contributed by atoms with Gasteiger partial charge in [0, 0.05) is 0 Å².